The Bertz CT molecular complexity index is 504. The van der Waals surface area contributed by atoms with Gasteiger partial charge in [-0.25, -0.2) is 0 Å². The molecular formula is C14H18N2O4. The first-order valence-corrected chi connectivity index (χ1v) is 6.67. The van der Waals surface area contributed by atoms with Crippen molar-refractivity contribution in [2.75, 3.05) is 13.7 Å². The summed E-state index contributed by atoms with van der Waals surface area (Å²) in [7, 11) is 1.38. The van der Waals surface area contributed by atoms with E-state index >= 15 is 0 Å². The second-order valence-corrected chi connectivity index (χ2v) is 4.89. The van der Waals surface area contributed by atoms with Crippen molar-refractivity contribution in [1.82, 2.24) is 4.90 Å². The van der Waals surface area contributed by atoms with Crippen molar-refractivity contribution in [3.63, 3.8) is 0 Å². The molecule has 20 heavy (non-hydrogen) atoms. The van der Waals surface area contributed by atoms with Crippen LogP contribution in [0.15, 0.2) is 24.3 Å². The molecule has 1 aliphatic rings. The number of para-hydroxylation sites is 1. The quantitative estimate of drug-likeness (QED) is 0.479. The molecule has 0 aromatic heterocycles. The highest BCUT2D eigenvalue weighted by molar-refractivity contribution is 5.75. The van der Waals surface area contributed by atoms with E-state index in [2.05, 4.69) is 0 Å². The summed E-state index contributed by atoms with van der Waals surface area (Å²) in [4.78, 5) is 24.4. The fraction of sp³-hybridized carbons (Fsp3) is 0.500. The van der Waals surface area contributed by atoms with E-state index in [-0.39, 0.29) is 22.6 Å². The van der Waals surface area contributed by atoms with Gasteiger partial charge in [-0.15, -0.1) is 0 Å². The molecule has 1 aromatic carbocycles. The highest BCUT2D eigenvalue weighted by Gasteiger charge is 2.30. The summed E-state index contributed by atoms with van der Waals surface area (Å²) >= 11 is 0. The summed E-state index contributed by atoms with van der Waals surface area (Å²) in [6.45, 7) is 1.16. The van der Waals surface area contributed by atoms with Crippen LogP contribution >= 0.6 is 0 Å². The van der Waals surface area contributed by atoms with Crippen LogP contribution in [0.1, 0.15) is 24.8 Å². The number of nitrogens with zero attached hydrogens (tertiary/aromatic N) is 2. The lowest BCUT2D eigenvalue weighted by Gasteiger charge is -2.33. The van der Waals surface area contributed by atoms with Gasteiger partial charge >= 0.3 is 5.97 Å². The predicted molar refractivity (Wildman–Crippen MR) is 73.2 cm³/mol. The number of ether oxygens (including phenoxy) is 1. The van der Waals surface area contributed by atoms with Crippen LogP contribution in [0.3, 0.4) is 0 Å². The summed E-state index contributed by atoms with van der Waals surface area (Å²) in [5.74, 6) is -0.261. The van der Waals surface area contributed by atoms with Crippen molar-refractivity contribution in [3.8, 4) is 0 Å². The average molecular weight is 278 g/mol. The Kier molecular flexibility index (Phi) is 4.68. The third kappa shape index (κ3) is 3.14. The molecule has 1 atom stereocenters. The zero-order chi connectivity index (χ0) is 14.5. The molecule has 0 N–H and O–H groups in total. The molecule has 6 heteroatoms. The van der Waals surface area contributed by atoms with E-state index in [9.17, 15) is 14.9 Å². The normalized spacial score (nSPS) is 19.6. The summed E-state index contributed by atoms with van der Waals surface area (Å²) in [5, 5.41) is 11.0. The fourth-order valence-electron chi connectivity index (χ4n) is 2.62. The number of carbonyl (C=O) groups is 1. The number of hydrogen-bond donors (Lipinski definition) is 0. The Labute approximate surface area is 117 Å². The Morgan fingerprint density at radius 2 is 2.20 bits per heavy atom. The number of nitro benzene ring substituents is 1. The van der Waals surface area contributed by atoms with Crippen LogP contribution in [-0.4, -0.2) is 35.5 Å². The molecule has 1 fully saturated rings. The fourth-order valence-corrected chi connectivity index (χ4v) is 2.62. The molecule has 1 aliphatic heterocycles. The van der Waals surface area contributed by atoms with Crippen molar-refractivity contribution < 1.29 is 14.5 Å². The molecule has 1 aromatic rings. The van der Waals surface area contributed by atoms with Crippen LogP contribution in [0.5, 0.6) is 0 Å². The van der Waals surface area contributed by atoms with Gasteiger partial charge in [0.1, 0.15) is 6.04 Å². The second kappa shape index (κ2) is 6.47. The molecule has 1 unspecified atom stereocenters. The molecule has 0 amide bonds. The SMILES string of the molecule is COC(=O)C1CCCCN1Cc1ccccc1[N+](=O)[O-]. The van der Waals surface area contributed by atoms with Crippen molar-refractivity contribution in [1.29, 1.82) is 0 Å². The van der Waals surface area contributed by atoms with Crippen LogP contribution in [0, 0.1) is 10.1 Å². The number of benzene rings is 1. The van der Waals surface area contributed by atoms with Crippen LogP contribution in [0.2, 0.25) is 0 Å². The summed E-state index contributed by atoms with van der Waals surface area (Å²) in [5.41, 5.74) is 0.731. The van der Waals surface area contributed by atoms with Gasteiger partial charge in [-0.05, 0) is 19.4 Å². The Morgan fingerprint density at radius 3 is 2.90 bits per heavy atom. The van der Waals surface area contributed by atoms with Crippen molar-refractivity contribution >= 4 is 11.7 Å². The molecule has 0 radical (unpaired) electrons. The van der Waals surface area contributed by atoms with Crippen molar-refractivity contribution in [2.24, 2.45) is 0 Å². The van der Waals surface area contributed by atoms with Crippen LogP contribution < -0.4 is 0 Å². The molecule has 2 rings (SSSR count). The summed E-state index contributed by atoms with van der Waals surface area (Å²) < 4.78 is 4.82. The van der Waals surface area contributed by atoms with Gasteiger partial charge in [0, 0.05) is 18.2 Å². The topological polar surface area (TPSA) is 72.7 Å². The number of nitro groups is 1. The largest absolute Gasteiger partial charge is 0.468 e. The predicted octanol–water partition coefficient (Wildman–Crippen LogP) is 2.12. The maximum Gasteiger partial charge on any atom is 0.323 e. The minimum Gasteiger partial charge on any atom is -0.468 e. The van der Waals surface area contributed by atoms with Crippen molar-refractivity contribution in [3.05, 3.63) is 39.9 Å². The highest BCUT2D eigenvalue weighted by atomic mass is 16.6. The zero-order valence-corrected chi connectivity index (χ0v) is 11.4. The molecule has 108 valence electrons. The molecule has 1 saturated heterocycles. The van der Waals surface area contributed by atoms with Gasteiger partial charge in [-0.3, -0.25) is 19.8 Å². The first-order chi connectivity index (χ1) is 9.63. The number of methoxy groups -OCH3 is 1. The van der Waals surface area contributed by atoms with Gasteiger partial charge in [0.15, 0.2) is 0 Å². The molecule has 0 bridgehead atoms. The minimum atomic E-state index is -0.383. The monoisotopic (exact) mass is 278 g/mol. The zero-order valence-electron chi connectivity index (χ0n) is 11.4. The lowest BCUT2D eigenvalue weighted by molar-refractivity contribution is -0.385. The van der Waals surface area contributed by atoms with Gasteiger partial charge in [-0.1, -0.05) is 24.6 Å². The lowest BCUT2D eigenvalue weighted by atomic mass is 10.0. The molecule has 0 spiro atoms. The number of likely N-dealkylation sites (tertiary alicyclic amines) is 1. The third-order valence-electron chi connectivity index (χ3n) is 3.65. The van der Waals surface area contributed by atoms with E-state index in [0.717, 1.165) is 25.8 Å². The third-order valence-corrected chi connectivity index (χ3v) is 3.65. The second-order valence-electron chi connectivity index (χ2n) is 4.89. The first kappa shape index (κ1) is 14.5. The van der Waals surface area contributed by atoms with Gasteiger partial charge < -0.3 is 4.74 Å². The average Bonchev–Trinajstić information content (AvgIpc) is 2.47. The lowest BCUT2D eigenvalue weighted by Crippen LogP contribution is -2.44. The summed E-state index contributed by atoms with van der Waals surface area (Å²) in [6.07, 6.45) is 2.72. The number of esters is 1. The van der Waals surface area contributed by atoms with Crippen molar-refractivity contribution in [2.45, 2.75) is 31.8 Å². The van der Waals surface area contributed by atoms with E-state index in [1.54, 1.807) is 18.2 Å². The number of carbonyl (C=O) groups excluding carboxylic acids is 1. The van der Waals surface area contributed by atoms with Crippen LogP contribution in [-0.2, 0) is 16.1 Å². The first-order valence-electron chi connectivity index (χ1n) is 6.67. The molecule has 1 heterocycles. The van der Waals surface area contributed by atoms with E-state index in [4.69, 9.17) is 4.74 Å². The van der Waals surface area contributed by atoms with Crippen LogP contribution in [0.25, 0.3) is 0 Å². The number of hydrogen-bond acceptors (Lipinski definition) is 5. The van der Waals surface area contributed by atoms with E-state index in [0.29, 0.717) is 12.1 Å². The Balaban J connectivity index is 2.19. The van der Waals surface area contributed by atoms with Gasteiger partial charge in [-0.2, -0.15) is 0 Å². The molecule has 0 aliphatic carbocycles. The van der Waals surface area contributed by atoms with Crippen LogP contribution in [0.4, 0.5) is 5.69 Å². The standard InChI is InChI=1S/C14H18N2O4/c1-20-14(17)13-8-4-5-9-15(13)10-11-6-2-3-7-12(11)16(18)19/h2-3,6-7,13H,4-5,8-10H2,1H3. The highest BCUT2D eigenvalue weighted by Crippen LogP contribution is 2.24. The molecule has 0 saturated carbocycles. The Morgan fingerprint density at radius 1 is 1.45 bits per heavy atom. The maximum atomic E-state index is 11.8. The van der Waals surface area contributed by atoms with Gasteiger partial charge in [0.2, 0.25) is 0 Å². The maximum absolute atomic E-state index is 11.8. The molecule has 6 nitrogen and oxygen atoms in total. The molecular weight excluding hydrogens is 260 g/mol. The summed E-state index contributed by atoms with van der Waals surface area (Å²) in [6, 6.07) is 6.36. The Hall–Kier alpha value is -1.95. The number of rotatable bonds is 4. The minimum absolute atomic E-state index is 0.0988. The number of piperidine rings is 1. The van der Waals surface area contributed by atoms with Gasteiger partial charge in [0.05, 0.1) is 12.0 Å². The van der Waals surface area contributed by atoms with Gasteiger partial charge in [0.25, 0.3) is 5.69 Å². The van der Waals surface area contributed by atoms with E-state index in [1.165, 1.54) is 13.2 Å². The smallest absolute Gasteiger partial charge is 0.323 e. The van der Waals surface area contributed by atoms with E-state index < -0.39 is 0 Å². The van der Waals surface area contributed by atoms with E-state index in [1.807, 2.05) is 4.90 Å².